The van der Waals surface area contributed by atoms with Crippen LogP contribution in [0.4, 0.5) is 4.39 Å². The fourth-order valence-corrected chi connectivity index (χ4v) is 5.71. The van der Waals surface area contributed by atoms with E-state index in [1.807, 2.05) is 6.92 Å². The van der Waals surface area contributed by atoms with E-state index >= 15 is 4.39 Å². The maximum absolute atomic E-state index is 15.4. The van der Waals surface area contributed by atoms with E-state index in [0.29, 0.717) is 27.4 Å². The lowest BCUT2D eigenvalue weighted by molar-refractivity contribution is 0.111. The van der Waals surface area contributed by atoms with Crippen molar-refractivity contribution in [2.24, 2.45) is 7.05 Å². The van der Waals surface area contributed by atoms with Gasteiger partial charge in [0.1, 0.15) is 22.9 Å². The van der Waals surface area contributed by atoms with Crippen LogP contribution in [0.1, 0.15) is 37.5 Å². The first-order valence-corrected chi connectivity index (χ1v) is 13.0. The molecule has 0 spiro atoms. The first-order chi connectivity index (χ1) is 18.3. The topological polar surface area (TPSA) is 82.2 Å². The Morgan fingerprint density at radius 3 is 2.63 bits per heavy atom. The average molecular weight is 533 g/mol. The number of fused-ring (bicyclic) bond motifs is 3. The van der Waals surface area contributed by atoms with Crippen LogP contribution < -0.4 is 10.3 Å². The summed E-state index contributed by atoms with van der Waals surface area (Å²) >= 11 is 6.63. The minimum Gasteiger partial charge on any atom is -0.452 e. The Balaban J connectivity index is 1.45. The van der Waals surface area contributed by atoms with E-state index in [-0.39, 0.29) is 23.5 Å². The maximum atomic E-state index is 15.4. The van der Waals surface area contributed by atoms with Crippen molar-refractivity contribution >= 4 is 33.5 Å². The molecule has 2 aromatic carbocycles. The van der Waals surface area contributed by atoms with Gasteiger partial charge in [0, 0.05) is 47.9 Å². The molecular formula is C29H26ClFN4O3. The average Bonchev–Trinajstić information content (AvgIpc) is 3.23. The monoisotopic (exact) mass is 532 g/mol. The van der Waals surface area contributed by atoms with Gasteiger partial charge in [0.25, 0.3) is 5.56 Å². The van der Waals surface area contributed by atoms with Gasteiger partial charge in [-0.2, -0.15) is 0 Å². The Kier molecular flexibility index (Phi) is 6.16. The van der Waals surface area contributed by atoms with Crippen LogP contribution in [-0.4, -0.2) is 30.3 Å². The van der Waals surface area contributed by atoms with E-state index in [1.54, 1.807) is 55.8 Å². The quantitative estimate of drug-likeness (QED) is 0.293. The highest BCUT2D eigenvalue weighted by Crippen LogP contribution is 2.39. The molecule has 0 atom stereocenters. The number of pyridine rings is 2. The Morgan fingerprint density at radius 1 is 1.08 bits per heavy atom. The number of aliphatic hydroxyl groups excluding tert-OH is 1. The predicted molar refractivity (Wildman–Crippen MR) is 145 cm³/mol. The smallest absolute Gasteiger partial charge is 0.293 e. The van der Waals surface area contributed by atoms with Gasteiger partial charge in [0.2, 0.25) is 0 Å². The Bertz CT molecular complexity index is 1760. The van der Waals surface area contributed by atoms with Crippen molar-refractivity contribution in [1.29, 1.82) is 0 Å². The molecule has 0 amide bonds. The number of aryl methyl sites for hydroxylation is 2. The molecule has 1 N–H and O–H groups in total. The molecular weight excluding hydrogens is 507 g/mol. The van der Waals surface area contributed by atoms with Gasteiger partial charge in [-0.1, -0.05) is 11.6 Å². The van der Waals surface area contributed by atoms with Crippen molar-refractivity contribution in [3.63, 3.8) is 0 Å². The molecule has 1 aliphatic rings. The van der Waals surface area contributed by atoms with E-state index in [2.05, 4.69) is 9.55 Å². The molecule has 5 aromatic rings. The van der Waals surface area contributed by atoms with Crippen LogP contribution >= 0.6 is 11.6 Å². The summed E-state index contributed by atoms with van der Waals surface area (Å²) in [5.41, 5.74) is 2.75. The molecule has 1 aliphatic carbocycles. The molecule has 38 heavy (non-hydrogen) atoms. The van der Waals surface area contributed by atoms with E-state index in [1.165, 1.54) is 10.6 Å². The third-order valence-electron chi connectivity index (χ3n) is 7.36. The first-order valence-electron chi connectivity index (χ1n) is 12.6. The van der Waals surface area contributed by atoms with Crippen molar-refractivity contribution in [3.8, 4) is 22.6 Å². The van der Waals surface area contributed by atoms with Crippen molar-refractivity contribution in [3.05, 3.63) is 81.9 Å². The summed E-state index contributed by atoms with van der Waals surface area (Å²) in [6, 6.07) is 11.6. The molecule has 194 valence electrons. The predicted octanol–water partition coefficient (Wildman–Crippen LogP) is 6.32. The van der Waals surface area contributed by atoms with E-state index in [4.69, 9.17) is 21.3 Å². The number of imidazole rings is 1. The van der Waals surface area contributed by atoms with Gasteiger partial charge in [-0.3, -0.25) is 9.78 Å². The number of aromatic nitrogens is 4. The number of rotatable bonds is 4. The minimum absolute atomic E-state index is 0.169. The number of aliphatic hydroxyl groups is 1. The summed E-state index contributed by atoms with van der Waals surface area (Å²) < 4.78 is 24.8. The van der Waals surface area contributed by atoms with E-state index in [0.717, 1.165) is 47.9 Å². The van der Waals surface area contributed by atoms with Crippen molar-refractivity contribution in [2.45, 2.75) is 44.8 Å². The number of benzene rings is 2. The fourth-order valence-electron chi connectivity index (χ4n) is 5.44. The Labute approximate surface area is 223 Å². The third-order valence-corrected chi connectivity index (χ3v) is 7.67. The second-order valence-electron chi connectivity index (χ2n) is 9.86. The highest BCUT2D eigenvalue weighted by atomic mass is 35.5. The second kappa shape index (κ2) is 9.53. The number of ether oxygens (including phenoxy) is 1. The van der Waals surface area contributed by atoms with Crippen LogP contribution in [0.5, 0.6) is 11.5 Å². The summed E-state index contributed by atoms with van der Waals surface area (Å²) in [4.78, 5) is 21.5. The highest BCUT2D eigenvalue weighted by Gasteiger charge is 2.25. The van der Waals surface area contributed by atoms with Gasteiger partial charge >= 0.3 is 0 Å². The van der Waals surface area contributed by atoms with Gasteiger partial charge in [-0.25, -0.2) is 9.37 Å². The van der Waals surface area contributed by atoms with E-state index in [9.17, 15) is 9.90 Å². The van der Waals surface area contributed by atoms with Crippen LogP contribution in [0.2, 0.25) is 5.02 Å². The molecule has 3 aromatic heterocycles. The van der Waals surface area contributed by atoms with Crippen molar-refractivity contribution in [2.75, 3.05) is 0 Å². The van der Waals surface area contributed by atoms with Gasteiger partial charge in [0.05, 0.1) is 28.4 Å². The molecule has 7 nitrogen and oxygen atoms in total. The standard InChI is InChI=1S/C29H26ClFN4O3/c1-16-33-26-15-32-25-14-24(31)21(13-22(25)28(26)35(16)17-5-7-18(36)8-6-17)20-10-9-19(12-23(20)30)38-27-4-3-11-34(2)29(27)37/h3-4,9-15,17-18,36H,5-8H2,1-2H3. The molecule has 0 bridgehead atoms. The molecule has 9 heteroatoms. The third kappa shape index (κ3) is 4.23. The Morgan fingerprint density at radius 2 is 1.87 bits per heavy atom. The molecule has 1 fully saturated rings. The molecule has 3 heterocycles. The summed E-state index contributed by atoms with van der Waals surface area (Å²) in [6.45, 7) is 1.97. The zero-order chi connectivity index (χ0) is 26.6. The molecule has 0 radical (unpaired) electrons. The lowest BCUT2D eigenvalue weighted by Crippen LogP contribution is -2.21. The molecule has 1 saturated carbocycles. The van der Waals surface area contributed by atoms with Crippen LogP contribution in [0.3, 0.4) is 0 Å². The van der Waals surface area contributed by atoms with Crippen molar-refractivity contribution in [1.82, 2.24) is 19.1 Å². The van der Waals surface area contributed by atoms with Crippen LogP contribution in [-0.2, 0) is 7.05 Å². The summed E-state index contributed by atoms with van der Waals surface area (Å²) in [5, 5.41) is 11.1. The summed E-state index contributed by atoms with van der Waals surface area (Å²) in [5.74, 6) is 0.970. The first kappa shape index (κ1) is 24.6. The van der Waals surface area contributed by atoms with Gasteiger partial charge in [-0.05, 0) is 62.9 Å². The van der Waals surface area contributed by atoms with Crippen LogP contribution in [0.25, 0.3) is 33.1 Å². The molecule has 6 rings (SSSR count). The minimum atomic E-state index is -0.444. The summed E-state index contributed by atoms with van der Waals surface area (Å²) in [7, 11) is 1.64. The summed E-state index contributed by atoms with van der Waals surface area (Å²) in [6.07, 6.45) is 6.25. The molecule has 0 saturated heterocycles. The highest BCUT2D eigenvalue weighted by molar-refractivity contribution is 6.33. The molecule has 0 aliphatic heterocycles. The number of hydrogen-bond acceptors (Lipinski definition) is 5. The normalized spacial score (nSPS) is 17.8. The number of halogens is 2. The van der Waals surface area contributed by atoms with Gasteiger partial charge < -0.3 is 19.0 Å². The zero-order valence-electron chi connectivity index (χ0n) is 21.0. The van der Waals surface area contributed by atoms with Gasteiger partial charge in [-0.15, -0.1) is 0 Å². The molecule has 0 unspecified atom stereocenters. The van der Waals surface area contributed by atoms with E-state index < -0.39 is 5.82 Å². The van der Waals surface area contributed by atoms with Crippen LogP contribution in [0, 0.1) is 12.7 Å². The zero-order valence-corrected chi connectivity index (χ0v) is 21.7. The maximum Gasteiger partial charge on any atom is 0.293 e. The lowest BCUT2D eigenvalue weighted by atomic mass is 9.92. The largest absolute Gasteiger partial charge is 0.452 e. The van der Waals surface area contributed by atoms with Gasteiger partial charge in [0.15, 0.2) is 5.75 Å². The fraction of sp³-hybridized carbons (Fsp3) is 0.276. The number of nitrogens with zero attached hydrogens (tertiary/aromatic N) is 4. The SMILES string of the molecule is Cc1nc2cnc3cc(F)c(-c4ccc(Oc5cccn(C)c5=O)cc4Cl)cc3c2n1C1CCC(O)CC1. The lowest BCUT2D eigenvalue weighted by Gasteiger charge is -2.28. The van der Waals surface area contributed by atoms with Crippen molar-refractivity contribution < 1.29 is 14.2 Å². The Hall–Kier alpha value is -3.75. The van der Waals surface area contributed by atoms with Crippen LogP contribution in [0.15, 0.2) is 59.7 Å². The second-order valence-corrected chi connectivity index (χ2v) is 10.3. The number of hydrogen-bond donors (Lipinski definition) is 1.